The molecule has 0 fully saturated rings. The number of hydrogen-bond acceptors (Lipinski definition) is 6. The van der Waals surface area contributed by atoms with Crippen molar-refractivity contribution in [3.63, 3.8) is 0 Å². The highest BCUT2D eigenvalue weighted by atomic mass is 35.5. The number of pyridine rings is 1. The van der Waals surface area contributed by atoms with Crippen molar-refractivity contribution in [1.29, 1.82) is 0 Å². The molecule has 1 aromatic carbocycles. The van der Waals surface area contributed by atoms with E-state index >= 15 is 0 Å². The monoisotopic (exact) mass is 468 g/mol. The molecule has 1 aliphatic rings. The number of nitrogens with zero attached hydrogens (tertiary/aromatic N) is 1. The summed E-state index contributed by atoms with van der Waals surface area (Å²) >= 11 is 11.4. The Morgan fingerprint density at radius 2 is 1.84 bits per heavy atom. The topological polar surface area (TPSA) is 116 Å². The quantitative estimate of drug-likeness (QED) is 0.548. The lowest BCUT2D eigenvalue weighted by Crippen LogP contribution is -2.53. The summed E-state index contributed by atoms with van der Waals surface area (Å²) in [4.78, 5) is 27.9. The van der Waals surface area contributed by atoms with Crippen LogP contribution in [-0.4, -0.2) is 35.6 Å². The molecule has 31 heavy (non-hydrogen) atoms. The Morgan fingerprint density at radius 3 is 2.52 bits per heavy atom. The Kier molecular flexibility index (Phi) is 6.87. The fourth-order valence-electron chi connectivity index (χ4n) is 2.86. The van der Waals surface area contributed by atoms with Gasteiger partial charge in [0.05, 0.1) is 21.8 Å². The highest BCUT2D eigenvalue weighted by Crippen LogP contribution is 2.28. The zero-order valence-electron chi connectivity index (χ0n) is 16.4. The van der Waals surface area contributed by atoms with E-state index in [-0.39, 0.29) is 40.7 Å². The van der Waals surface area contributed by atoms with Crippen LogP contribution in [0.2, 0.25) is 10.0 Å². The Balaban J connectivity index is 1.41. The summed E-state index contributed by atoms with van der Waals surface area (Å²) in [6, 6.07) is 5.38. The lowest BCUT2D eigenvalue weighted by Gasteiger charge is -2.37. The largest absolute Gasteiger partial charge is 0.484 e. The van der Waals surface area contributed by atoms with Crippen LogP contribution in [0.5, 0.6) is 11.5 Å². The van der Waals surface area contributed by atoms with Gasteiger partial charge in [0.1, 0.15) is 23.1 Å². The van der Waals surface area contributed by atoms with Crippen LogP contribution in [0.4, 0.5) is 10.2 Å². The van der Waals surface area contributed by atoms with Crippen LogP contribution in [0.1, 0.15) is 13.3 Å². The number of anilines is 1. The number of nitrogen functional groups attached to an aromatic ring is 1. The Labute approximate surface area is 187 Å². The molecule has 2 aromatic rings. The summed E-state index contributed by atoms with van der Waals surface area (Å²) in [5.41, 5.74) is 5.52. The molecule has 0 bridgehead atoms. The first-order chi connectivity index (χ1) is 14.6. The van der Waals surface area contributed by atoms with Gasteiger partial charge in [-0.3, -0.25) is 9.59 Å². The van der Waals surface area contributed by atoms with Gasteiger partial charge in [0, 0.05) is 24.3 Å². The van der Waals surface area contributed by atoms with E-state index in [0.29, 0.717) is 17.9 Å². The molecular formula is C20H19Cl2FN4O4. The van der Waals surface area contributed by atoms with Gasteiger partial charge in [-0.05, 0) is 25.1 Å². The predicted molar refractivity (Wildman–Crippen MR) is 113 cm³/mol. The Hall–Kier alpha value is -3.04. The van der Waals surface area contributed by atoms with E-state index in [1.54, 1.807) is 13.0 Å². The van der Waals surface area contributed by atoms with E-state index in [4.69, 9.17) is 38.4 Å². The molecular weight excluding hydrogens is 450 g/mol. The number of ether oxygens (including phenoxy) is 2. The molecule has 1 atom stereocenters. The standard InChI is InChI=1S/C20H19Cl2FN4O4/c1-20(27-18(29)10-30-12-2-3-14(21)16(23)5-12)6-11(7-20)26-17(28)9-31-13-4-15(22)19(24)25-8-13/h2-6,8H,7,9-10H2,1H3,(H2,24,25)(H,26,28)(H,27,29). The highest BCUT2D eigenvalue weighted by Gasteiger charge is 2.34. The van der Waals surface area contributed by atoms with Gasteiger partial charge in [0.2, 0.25) is 0 Å². The molecule has 0 saturated carbocycles. The molecule has 1 heterocycles. The van der Waals surface area contributed by atoms with Gasteiger partial charge in [-0.15, -0.1) is 0 Å². The first-order valence-electron chi connectivity index (χ1n) is 9.08. The number of rotatable bonds is 8. The van der Waals surface area contributed by atoms with Crippen LogP contribution in [0.25, 0.3) is 0 Å². The first kappa shape index (κ1) is 22.6. The van der Waals surface area contributed by atoms with Crippen molar-refractivity contribution >= 4 is 40.8 Å². The van der Waals surface area contributed by atoms with Gasteiger partial charge < -0.3 is 25.8 Å². The van der Waals surface area contributed by atoms with E-state index < -0.39 is 17.3 Å². The van der Waals surface area contributed by atoms with E-state index in [9.17, 15) is 14.0 Å². The summed E-state index contributed by atoms with van der Waals surface area (Å²) in [5.74, 6) is -0.721. The summed E-state index contributed by atoms with van der Waals surface area (Å²) in [6.07, 6.45) is 3.49. The maximum Gasteiger partial charge on any atom is 0.262 e. The second kappa shape index (κ2) is 9.40. The number of hydrogen-bond donors (Lipinski definition) is 3. The molecule has 1 aromatic heterocycles. The van der Waals surface area contributed by atoms with Crippen LogP contribution in [0.15, 0.2) is 42.2 Å². The highest BCUT2D eigenvalue weighted by molar-refractivity contribution is 6.32. The fraction of sp³-hybridized carbons (Fsp3) is 0.250. The van der Waals surface area contributed by atoms with E-state index in [1.165, 1.54) is 24.4 Å². The molecule has 4 N–H and O–H groups in total. The third-order valence-electron chi connectivity index (χ3n) is 4.25. The zero-order valence-corrected chi connectivity index (χ0v) is 17.9. The second-order valence-electron chi connectivity index (χ2n) is 7.05. The molecule has 0 saturated heterocycles. The second-order valence-corrected chi connectivity index (χ2v) is 7.87. The van der Waals surface area contributed by atoms with Crippen LogP contribution in [-0.2, 0) is 9.59 Å². The van der Waals surface area contributed by atoms with Crippen molar-refractivity contribution in [2.75, 3.05) is 18.9 Å². The molecule has 11 heteroatoms. The lowest BCUT2D eigenvalue weighted by atomic mass is 9.84. The number of aromatic nitrogens is 1. The maximum absolute atomic E-state index is 13.4. The van der Waals surface area contributed by atoms with Gasteiger partial charge in [-0.2, -0.15) is 0 Å². The van der Waals surface area contributed by atoms with Crippen molar-refractivity contribution in [3.05, 3.63) is 58.1 Å². The smallest absolute Gasteiger partial charge is 0.262 e. The molecule has 0 radical (unpaired) electrons. The van der Waals surface area contributed by atoms with Crippen molar-refractivity contribution < 1.29 is 23.5 Å². The molecule has 164 valence electrons. The summed E-state index contributed by atoms with van der Waals surface area (Å²) in [7, 11) is 0. The van der Waals surface area contributed by atoms with Gasteiger partial charge in [-0.25, -0.2) is 9.37 Å². The van der Waals surface area contributed by atoms with Gasteiger partial charge in [0.25, 0.3) is 11.8 Å². The van der Waals surface area contributed by atoms with Crippen molar-refractivity contribution in [2.24, 2.45) is 0 Å². The maximum atomic E-state index is 13.4. The average molecular weight is 469 g/mol. The third-order valence-corrected chi connectivity index (χ3v) is 4.86. The Bertz CT molecular complexity index is 1050. The number of carbonyl (C=O) groups excluding carboxylic acids is 2. The number of halogens is 3. The van der Waals surface area contributed by atoms with Gasteiger partial charge >= 0.3 is 0 Å². The van der Waals surface area contributed by atoms with Crippen LogP contribution in [0.3, 0.4) is 0 Å². The minimum Gasteiger partial charge on any atom is -0.484 e. The zero-order chi connectivity index (χ0) is 22.6. The predicted octanol–water partition coefficient (Wildman–Crippen LogP) is 2.85. The summed E-state index contributed by atoms with van der Waals surface area (Å²) in [5, 5.41) is 5.68. The molecule has 8 nitrogen and oxygen atoms in total. The molecule has 1 unspecified atom stereocenters. The normalized spacial score (nSPS) is 17.2. The molecule has 0 spiro atoms. The van der Waals surface area contributed by atoms with Crippen molar-refractivity contribution in [3.8, 4) is 11.5 Å². The number of benzene rings is 1. The fourth-order valence-corrected chi connectivity index (χ4v) is 3.13. The van der Waals surface area contributed by atoms with Crippen LogP contribution >= 0.6 is 23.2 Å². The lowest BCUT2D eigenvalue weighted by molar-refractivity contribution is -0.124. The number of nitrogens with one attached hydrogen (secondary N) is 2. The number of carbonyl (C=O) groups is 2. The first-order valence-corrected chi connectivity index (χ1v) is 9.83. The molecule has 2 amide bonds. The SMILES string of the molecule is CC1(NC(=O)COc2ccc(Cl)c(F)c2)C=C(NC(=O)COc2cnc(N)c(Cl)c2)C1. The molecule has 0 aliphatic heterocycles. The van der Waals surface area contributed by atoms with E-state index in [1.807, 2.05) is 0 Å². The number of amides is 2. The average Bonchev–Trinajstić information content (AvgIpc) is 2.68. The van der Waals surface area contributed by atoms with Crippen LogP contribution < -0.4 is 25.8 Å². The molecule has 1 aliphatic carbocycles. The van der Waals surface area contributed by atoms with Crippen molar-refractivity contribution in [2.45, 2.75) is 18.9 Å². The third kappa shape index (κ3) is 6.22. The van der Waals surface area contributed by atoms with E-state index in [2.05, 4.69) is 15.6 Å². The number of nitrogens with two attached hydrogens (primary N) is 1. The van der Waals surface area contributed by atoms with Crippen molar-refractivity contribution in [1.82, 2.24) is 15.6 Å². The summed E-state index contributed by atoms with van der Waals surface area (Å²) < 4.78 is 24.0. The minimum absolute atomic E-state index is 0.0298. The summed E-state index contributed by atoms with van der Waals surface area (Å²) in [6.45, 7) is 1.26. The van der Waals surface area contributed by atoms with Gasteiger partial charge in [-0.1, -0.05) is 23.2 Å². The Morgan fingerprint density at radius 1 is 1.16 bits per heavy atom. The van der Waals surface area contributed by atoms with Gasteiger partial charge in [0.15, 0.2) is 13.2 Å². The minimum atomic E-state index is -0.635. The van der Waals surface area contributed by atoms with Crippen LogP contribution in [0, 0.1) is 5.82 Å². The molecule has 3 rings (SSSR count). The van der Waals surface area contributed by atoms with E-state index in [0.717, 1.165) is 6.07 Å².